The van der Waals surface area contributed by atoms with Gasteiger partial charge in [0.2, 0.25) is 5.91 Å². The lowest BCUT2D eigenvalue weighted by Crippen LogP contribution is -2.45. The molecule has 41 heavy (non-hydrogen) atoms. The quantitative estimate of drug-likeness (QED) is 0.250. The molecule has 0 spiro atoms. The SMILES string of the molecule is CCNC(=O)[C@@H](c1ccccc1)N(Cc1ccccc1)C(=O)COc1ccc(S(=O)(=O)Nc2ccc(F)cc2)cc1. The largest absolute Gasteiger partial charge is 0.484 e. The van der Waals surface area contributed by atoms with Crippen molar-refractivity contribution in [1.29, 1.82) is 0 Å². The molecule has 1 atom stereocenters. The van der Waals surface area contributed by atoms with Crippen LogP contribution in [-0.2, 0) is 26.2 Å². The molecule has 0 aliphatic carbocycles. The molecule has 2 amide bonds. The number of carbonyl (C=O) groups excluding carboxylic acids is 2. The summed E-state index contributed by atoms with van der Waals surface area (Å²) in [7, 11) is -3.93. The molecule has 0 saturated carbocycles. The molecule has 0 saturated heterocycles. The molecule has 4 aromatic carbocycles. The van der Waals surface area contributed by atoms with Gasteiger partial charge in [0.05, 0.1) is 4.90 Å². The Kier molecular flexibility index (Phi) is 9.70. The number of nitrogens with one attached hydrogen (secondary N) is 2. The fraction of sp³-hybridized carbons (Fsp3) is 0.161. The Morgan fingerprint density at radius 2 is 1.46 bits per heavy atom. The summed E-state index contributed by atoms with van der Waals surface area (Å²) in [5, 5.41) is 2.82. The first-order valence-electron chi connectivity index (χ1n) is 12.9. The van der Waals surface area contributed by atoms with E-state index in [-0.39, 0.29) is 35.4 Å². The third kappa shape index (κ3) is 7.92. The van der Waals surface area contributed by atoms with Crippen LogP contribution in [0.4, 0.5) is 10.1 Å². The number of nitrogens with zero attached hydrogens (tertiary/aromatic N) is 1. The number of amides is 2. The van der Waals surface area contributed by atoms with Gasteiger partial charge in [-0.25, -0.2) is 12.8 Å². The van der Waals surface area contributed by atoms with Crippen LogP contribution in [0.5, 0.6) is 5.75 Å². The molecule has 0 aliphatic heterocycles. The average molecular weight is 576 g/mol. The first-order valence-corrected chi connectivity index (χ1v) is 14.4. The molecular formula is C31H30FN3O5S. The van der Waals surface area contributed by atoms with Crippen LogP contribution in [0.3, 0.4) is 0 Å². The van der Waals surface area contributed by atoms with Gasteiger partial charge in [-0.1, -0.05) is 60.7 Å². The third-order valence-corrected chi connectivity index (χ3v) is 7.53. The summed E-state index contributed by atoms with van der Waals surface area (Å²) >= 11 is 0. The Morgan fingerprint density at radius 3 is 2.07 bits per heavy atom. The van der Waals surface area contributed by atoms with Gasteiger partial charge in [0.1, 0.15) is 17.6 Å². The standard InChI is InChI=1S/C31H30FN3O5S/c1-2-33-31(37)30(24-11-7-4-8-12-24)35(21-23-9-5-3-6-10-23)29(36)22-40-27-17-19-28(20-18-27)41(38,39)34-26-15-13-25(32)14-16-26/h3-20,30,34H,2,21-22H2,1H3,(H,33,37)/t30-/m1/s1. The molecule has 0 bridgehead atoms. The minimum atomic E-state index is -3.93. The van der Waals surface area contributed by atoms with Gasteiger partial charge in [0, 0.05) is 18.8 Å². The van der Waals surface area contributed by atoms with Crippen LogP contribution in [-0.4, -0.2) is 38.3 Å². The van der Waals surface area contributed by atoms with Crippen molar-refractivity contribution >= 4 is 27.5 Å². The lowest BCUT2D eigenvalue weighted by molar-refractivity contribution is -0.143. The van der Waals surface area contributed by atoms with E-state index in [4.69, 9.17) is 4.74 Å². The van der Waals surface area contributed by atoms with Crippen molar-refractivity contribution in [1.82, 2.24) is 10.2 Å². The number of benzene rings is 4. The van der Waals surface area contributed by atoms with Gasteiger partial charge in [-0.3, -0.25) is 14.3 Å². The summed E-state index contributed by atoms with van der Waals surface area (Å²) in [4.78, 5) is 28.2. The number of ether oxygens (including phenoxy) is 1. The van der Waals surface area contributed by atoms with Crippen molar-refractivity contribution in [3.05, 3.63) is 126 Å². The van der Waals surface area contributed by atoms with E-state index in [2.05, 4.69) is 10.0 Å². The maximum atomic E-state index is 13.6. The highest BCUT2D eigenvalue weighted by atomic mass is 32.2. The smallest absolute Gasteiger partial charge is 0.261 e. The molecule has 0 radical (unpaired) electrons. The third-order valence-electron chi connectivity index (χ3n) is 6.14. The van der Waals surface area contributed by atoms with Crippen molar-refractivity contribution in [3.8, 4) is 5.75 Å². The van der Waals surface area contributed by atoms with Crippen molar-refractivity contribution in [2.24, 2.45) is 0 Å². The predicted octanol–water partition coefficient (Wildman–Crippen LogP) is 4.91. The molecule has 4 rings (SSSR count). The monoisotopic (exact) mass is 575 g/mol. The van der Waals surface area contributed by atoms with Crippen molar-refractivity contribution < 1.29 is 27.1 Å². The average Bonchev–Trinajstić information content (AvgIpc) is 2.98. The maximum absolute atomic E-state index is 13.6. The summed E-state index contributed by atoms with van der Waals surface area (Å²) in [6, 6.07) is 28.0. The number of anilines is 1. The second-order valence-corrected chi connectivity index (χ2v) is 10.8. The van der Waals surface area contributed by atoms with Crippen LogP contribution in [0.25, 0.3) is 0 Å². The van der Waals surface area contributed by atoms with E-state index in [9.17, 15) is 22.4 Å². The Labute approximate surface area is 238 Å². The minimum absolute atomic E-state index is 0.0356. The van der Waals surface area contributed by atoms with Gasteiger partial charge < -0.3 is 15.0 Å². The summed E-state index contributed by atoms with van der Waals surface area (Å²) in [6.45, 7) is 2.00. The molecule has 0 unspecified atom stereocenters. The van der Waals surface area contributed by atoms with E-state index in [1.54, 1.807) is 12.1 Å². The molecule has 4 aromatic rings. The number of halogens is 1. The second kappa shape index (κ2) is 13.6. The second-order valence-electron chi connectivity index (χ2n) is 9.09. The molecular weight excluding hydrogens is 545 g/mol. The zero-order valence-corrected chi connectivity index (χ0v) is 23.2. The first kappa shape index (κ1) is 29.3. The van der Waals surface area contributed by atoms with E-state index < -0.39 is 27.8 Å². The van der Waals surface area contributed by atoms with Crippen LogP contribution in [0.1, 0.15) is 24.1 Å². The van der Waals surface area contributed by atoms with Gasteiger partial charge in [-0.05, 0) is 66.6 Å². The van der Waals surface area contributed by atoms with Crippen LogP contribution >= 0.6 is 0 Å². The fourth-order valence-corrected chi connectivity index (χ4v) is 5.22. The minimum Gasteiger partial charge on any atom is -0.484 e. The van der Waals surface area contributed by atoms with Crippen LogP contribution in [0, 0.1) is 5.82 Å². The number of sulfonamides is 1. The molecule has 0 aromatic heterocycles. The Hall–Kier alpha value is -4.70. The molecule has 0 heterocycles. The van der Waals surface area contributed by atoms with Gasteiger partial charge in [-0.15, -0.1) is 0 Å². The molecule has 212 valence electrons. The van der Waals surface area contributed by atoms with Crippen LogP contribution < -0.4 is 14.8 Å². The Morgan fingerprint density at radius 1 is 0.854 bits per heavy atom. The van der Waals surface area contributed by atoms with Crippen LogP contribution in [0.2, 0.25) is 0 Å². The topological polar surface area (TPSA) is 105 Å². The number of rotatable bonds is 12. The highest BCUT2D eigenvalue weighted by molar-refractivity contribution is 7.92. The van der Waals surface area contributed by atoms with Crippen molar-refractivity contribution in [2.75, 3.05) is 17.9 Å². The Bertz CT molecular complexity index is 1550. The highest BCUT2D eigenvalue weighted by Crippen LogP contribution is 2.25. The Balaban J connectivity index is 1.51. The normalized spacial score (nSPS) is 11.8. The summed E-state index contributed by atoms with van der Waals surface area (Å²) < 4.78 is 46.7. The van der Waals surface area contributed by atoms with E-state index in [1.807, 2.05) is 55.5 Å². The van der Waals surface area contributed by atoms with E-state index in [1.165, 1.54) is 41.3 Å². The van der Waals surface area contributed by atoms with Crippen LogP contribution in [0.15, 0.2) is 114 Å². The van der Waals surface area contributed by atoms with Crippen molar-refractivity contribution in [3.63, 3.8) is 0 Å². The number of carbonyl (C=O) groups is 2. The maximum Gasteiger partial charge on any atom is 0.261 e. The van der Waals surface area contributed by atoms with E-state index in [0.29, 0.717) is 12.1 Å². The highest BCUT2D eigenvalue weighted by Gasteiger charge is 2.31. The molecule has 0 fully saturated rings. The molecule has 2 N–H and O–H groups in total. The number of hydrogen-bond donors (Lipinski definition) is 2. The fourth-order valence-electron chi connectivity index (χ4n) is 4.16. The molecule has 0 aliphatic rings. The molecule has 8 nitrogen and oxygen atoms in total. The van der Waals surface area contributed by atoms with Gasteiger partial charge in [-0.2, -0.15) is 0 Å². The zero-order chi connectivity index (χ0) is 29.2. The van der Waals surface area contributed by atoms with E-state index >= 15 is 0 Å². The lowest BCUT2D eigenvalue weighted by Gasteiger charge is -2.31. The zero-order valence-electron chi connectivity index (χ0n) is 22.4. The van der Waals surface area contributed by atoms with Gasteiger partial charge in [0.25, 0.3) is 15.9 Å². The summed E-state index contributed by atoms with van der Waals surface area (Å²) in [5.74, 6) is -0.949. The predicted molar refractivity (Wildman–Crippen MR) is 154 cm³/mol. The lowest BCUT2D eigenvalue weighted by atomic mass is 10.0. The molecule has 10 heteroatoms. The summed E-state index contributed by atoms with van der Waals surface area (Å²) in [6.07, 6.45) is 0. The summed E-state index contributed by atoms with van der Waals surface area (Å²) in [5.41, 5.74) is 1.72. The van der Waals surface area contributed by atoms with Crippen molar-refractivity contribution in [2.45, 2.75) is 24.4 Å². The number of hydrogen-bond acceptors (Lipinski definition) is 5. The van der Waals surface area contributed by atoms with E-state index in [0.717, 1.165) is 17.7 Å². The first-order chi connectivity index (χ1) is 19.8. The van der Waals surface area contributed by atoms with Gasteiger partial charge in [0.15, 0.2) is 6.61 Å². The number of likely N-dealkylation sites (N-methyl/N-ethyl adjacent to an activating group) is 1. The van der Waals surface area contributed by atoms with Gasteiger partial charge >= 0.3 is 0 Å².